The van der Waals surface area contributed by atoms with Crippen LogP contribution in [0.1, 0.15) is 5.56 Å². The summed E-state index contributed by atoms with van der Waals surface area (Å²) in [4.78, 5) is 11.0. The molecule has 1 aliphatic heterocycles. The highest BCUT2D eigenvalue weighted by molar-refractivity contribution is 6.35. The first-order chi connectivity index (χ1) is 8.71. The molecule has 0 amide bonds. The van der Waals surface area contributed by atoms with E-state index in [1.54, 1.807) is 0 Å². The molecule has 8 heteroatoms. The highest BCUT2D eigenvalue weighted by Crippen LogP contribution is 2.44. The molecule has 1 N–H and O–H groups in total. The summed E-state index contributed by atoms with van der Waals surface area (Å²) in [5, 5.41) is 9.00. The third kappa shape index (κ3) is 2.60. The van der Waals surface area contributed by atoms with Gasteiger partial charge in [0, 0.05) is 10.6 Å². The second-order valence-corrected chi connectivity index (χ2v) is 4.88. The van der Waals surface area contributed by atoms with Crippen LogP contribution < -0.4 is 4.74 Å². The minimum absolute atomic E-state index is 0.0301. The van der Waals surface area contributed by atoms with E-state index in [9.17, 15) is 18.0 Å². The monoisotopic (exact) mass is 314 g/mol. The zero-order chi connectivity index (χ0) is 14.4. The molecular weight excluding hydrogens is 308 g/mol. The van der Waals surface area contributed by atoms with Gasteiger partial charge in [0.2, 0.25) is 6.10 Å². The Kier molecular flexibility index (Phi) is 3.57. The zero-order valence-corrected chi connectivity index (χ0v) is 10.7. The molecule has 0 aromatic heterocycles. The summed E-state index contributed by atoms with van der Waals surface area (Å²) in [6.45, 7) is 0. The number of rotatable bonds is 1. The number of carbonyl (C=O) groups is 1. The van der Waals surface area contributed by atoms with Crippen LogP contribution in [-0.2, 0) is 11.2 Å². The quantitative estimate of drug-likeness (QED) is 0.862. The maximum Gasteiger partial charge on any atom is 0.426 e. The Morgan fingerprint density at radius 1 is 1.32 bits per heavy atom. The van der Waals surface area contributed by atoms with Crippen molar-refractivity contribution in [3.8, 4) is 5.75 Å². The molecule has 1 aromatic rings. The van der Waals surface area contributed by atoms with Crippen molar-refractivity contribution in [1.82, 2.24) is 0 Å². The highest BCUT2D eigenvalue weighted by atomic mass is 35.5. The molecule has 0 bridgehead atoms. The summed E-state index contributed by atoms with van der Waals surface area (Å²) in [6, 6.07) is 2.69. The Morgan fingerprint density at radius 2 is 1.89 bits per heavy atom. The number of halogens is 5. The Hall–Kier alpha value is -1.14. The SMILES string of the molecule is O=C(O)C1Cc2c(Cl)ccc(Cl)c2OC1C(F)(F)F. The molecule has 2 unspecified atom stereocenters. The van der Waals surface area contributed by atoms with E-state index in [0.29, 0.717) is 0 Å². The molecule has 0 saturated carbocycles. The van der Waals surface area contributed by atoms with Crippen LogP contribution in [0.4, 0.5) is 13.2 Å². The molecule has 0 radical (unpaired) electrons. The number of ether oxygens (including phenoxy) is 1. The summed E-state index contributed by atoms with van der Waals surface area (Å²) in [5.74, 6) is -3.54. The molecule has 0 aliphatic carbocycles. The number of carboxylic acid groups (broad SMARTS) is 1. The molecule has 1 aliphatic rings. The number of carboxylic acids is 1. The normalized spacial score (nSPS) is 22.6. The lowest BCUT2D eigenvalue weighted by molar-refractivity contribution is -0.217. The maximum atomic E-state index is 12.8. The fourth-order valence-electron chi connectivity index (χ4n) is 1.94. The lowest BCUT2D eigenvalue weighted by Gasteiger charge is -2.33. The van der Waals surface area contributed by atoms with Gasteiger partial charge in [0.05, 0.1) is 5.02 Å². The number of hydrogen-bond donors (Lipinski definition) is 1. The number of aliphatic carboxylic acids is 1. The standard InChI is InChI=1S/C11H7Cl2F3O3/c12-6-1-2-7(13)8-4(6)3-5(10(17)18)9(19-8)11(14,15)16/h1-2,5,9H,3H2,(H,17,18). The van der Waals surface area contributed by atoms with Crippen molar-refractivity contribution in [2.24, 2.45) is 5.92 Å². The Bertz CT molecular complexity index is 531. The van der Waals surface area contributed by atoms with Gasteiger partial charge in [0.15, 0.2) is 0 Å². The molecule has 19 heavy (non-hydrogen) atoms. The first-order valence-corrected chi connectivity index (χ1v) is 5.90. The number of hydrogen-bond acceptors (Lipinski definition) is 2. The number of fused-ring (bicyclic) bond motifs is 1. The molecule has 0 fully saturated rings. The smallest absolute Gasteiger partial charge is 0.426 e. The lowest BCUT2D eigenvalue weighted by Crippen LogP contribution is -2.47. The molecule has 1 aromatic carbocycles. The van der Waals surface area contributed by atoms with Gasteiger partial charge in [-0.15, -0.1) is 0 Å². The second kappa shape index (κ2) is 4.76. The van der Waals surface area contributed by atoms with Gasteiger partial charge in [-0.05, 0) is 18.6 Å². The predicted octanol–water partition coefficient (Wildman–Crippen LogP) is 3.56. The first-order valence-electron chi connectivity index (χ1n) is 5.15. The van der Waals surface area contributed by atoms with E-state index in [0.717, 1.165) is 0 Å². The summed E-state index contributed by atoms with van der Waals surface area (Å²) >= 11 is 11.6. The van der Waals surface area contributed by atoms with E-state index in [4.69, 9.17) is 33.0 Å². The van der Waals surface area contributed by atoms with Gasteiger partial charge in [-0.2, -0.15) is 13.2 Å². The third-order valence-electron chi connectivity index (χ3n) is 2.83. The zero-order valence-electron chi connectivity index (χ0n) is 9.17. The van der Waals surface area contributed by atoms with Crippen molar-refractivity contribution in [3.05, 3.63) is 27.7 Å². The molecule has 2 atom stereocenters. The van der Waals surface area contributed by atoms with Crippen LogP contribution in [0.3, 0.4) is 0 Å². The van der Waals surface area contributed by atoms with E-state index in [1.807, 2.05) is 0 Å². The van der Waals surface area contributed by atoms with Crippen molar-refractivity contribution in [2.75, 3.05) is 0 Å². The van der Waals surface area contributed by atoms with Crippen LogP contribution in [0.25, 0.3) is 0 Å². The largest absolute Gasteiger partial charge is 0.481 e. The summed E-state index contributed by atoms with van der Waals surface area (Å²) < 4.78 is 43.2. The average Bonchev–Trinajstić information content (AvgIpc) is 2.31. The molecule has 0 spiro atoms. The van der Waals surface area contributed by atoms with E-state index in [1.165, 1.54) is 12.1 Å². The van der Waals surface area contributed by atoms with E-state index >= 15 is 0 Å². The van der Waals surface area contributed by atoms with Gasteiger partial charge in [-0.3, -0.25) is 4.79 Å². The van der Waals surface area contributed by atoms with Gasteiger partial charge in [-0.25, -0.2) is 0 Å². The second-order valence-electron chi connectivity index (χ2n) is 4.07. The Balaban J connectivity index is 2.51. The lowest BCUT2D eigenvalue weighted by atomic mass is 9.90. The van der Waals surface area contributed by atoms with Crippen molar-refractivity contribution in [2.45, 2.75) is 18.7 Å². The molecule has 2 rings (SSSR count). The minimum atomic E-state index is -4.80. The maximum absolute atomic E-state index is 12.8. The van der Waals surface area contributed by atoms with E-state index in [2.05, 4.69) is 0 Å². The fourth-order valence-corrected chi connectivity index (χ4v) is 2.39. The summed E-state index contributed by atoms with van der Waals surface area (Å²) in [5.41, 5.74) is 0.182. The minimum Gasteiger partial charge on any atom is -0.481 e. The van der Waals surface area contributed by atoms with Gasteiger partial charge in [0.25, 0.3) is 0 Å². The number of alkyl halides is 3. The number of benzene rings is 1. The van der Waals surface area contributed by atoms with Gasteiger partial charge in [-0.1, -0.05) is 23.2 Å². The Morgan fingerprint density at radius 3 is 2.42 bits per heavy atom. The molecule has 104 valence electrons. The van der Waals surface area contributed by atoms with Crippen molar-refractivity contribution in [3.63, 3.8) is 0 Å². The van der Waals surface area contributed by atoms with E-state index in [-0.39, 0.29) is 27.8 Å². The van der Waals surface area contributed by atoms with Crippen LogP contribution in [0.15, 0.2) is 12.1 Å². The van der Waals surface area contributed by atoms with Crippen molar-refractivity contribution >= 4 is 29.2 Å². The van der Waals surface area contributed by atoms with Crippen LogP contribution in [0.2, 0.25) is 10.0 Å². The van der Waals surface area contributed by atoms with Crippen LogP contribution in [-0.4, -0.2) is 23.4 Å². The van der Waals surface area contributed by atoms with Gasteiger partial charge < -0.3 is 9.84 Å². The molecule has 1 heterocycles. The van der Waals surface area contributed by atoms with Gasteiger partial charge >= 0.3 is 12.1 Å². The van der Waals surface area contributed by atoms with Crippen LogP contribution >= 0.6 is 23.2 Å². The average molecular weight is 315 g/mol. The molecule has 0 saturated heterocycles. The summed E-state index contributed by atoms with van der Waals surface area (Å²) in [7, 11) is 0. The van der Waals surface area contributed by atoms with Crippen molar-refractivity contribution < 1.29 is 27.8 Å². The van der Waals surface area contributed by atoms with Gasteiger partial charge in [0.1, 0.15) is 11.7 Å². The van der Waals surface area contributed by atoms with E-state index < -0.39 is 24.2 Å². The fraction of sp³-hybridized carbons (Fsp3) is 0.364. The molecular formula is C11H7Cl2F3O3. The summed E-state index contributed by atoms with van der Waals surface area (Å²) in [6.07, 6.45) is -7.62. The first kappa shape index (κ1) is 14.3. The third-order valence-corrected chi connectivity index (χ3v) is 3.48. The highest BCUT2D eigenvalue weighted by Gasteiger charge is 2.52. The predicted molar refractivity (Wildman–Crippen MR) is 61.8 cm³/mol. The molecule has 3 nitrogen and oxygen atoms in total. The van der Waals surface area contributed by atoms with Crippen LogP contribution in [0, 0.1) is 5.92 Å². The topological polar surface area (TPSA) is 46.5 Å². The van der Waals surface area contributed by atoms with Crippen LogP contribution in [0.5, 0.6) is 5.75 Å². The van der Waals surface area contributed by atoms with Crippen molar-refractivity contribution in [1.29, 1.82) is 0 Å². The Labute approximate surface area is 115 Å².